The Kier molecular flexibility index (Phi) is 4.76. The molecule has 0 fully saturated rings. The summed E-state index contributed by atoms with van der Waals surface area (Å²) in [6.07, 6.45) is 3.42. The highest BCUT2D eigenvalue weighted by atomic mass is 15.0. The summed E-state index contributed by atoms with van der Waals surface area (Å²) in [6.45, 7) is 2.19. The van der Waals surface area contributed by atoms with Gasteiger partial charge in [-0.05, 0) is 18.6 Å². The summed E-state index contributed by atoms with van der Waals surface area (Å²) in [5.74, 6) is 1.07. The standard InChI is InChI=1S/C12H18N2/c1-3-4-10-12(13-2)14-11-8-6-5-7-9-11/h5-9H,3-4,10H2,1-2H3,(H,13,14). The van der Waals surface area contributed by atoms with Crippen molar-refractivity contribution in [2.45, 2.75) is 26.2 Å². The van der Waals surface area contributed by atoms with E-state index in [0.717, 1.165) is 17.9 Å². The van der Waals surface area contributed by atoms with Gasteiger partial charge in [0.05, 0.1) is 0 Å². The molecule has 1 aromatic carbocycles. The Hall–Kier alpha value is -1.31. The van der Waals surface area contributed by atoms with E-state index in [-0.39, 0.29) is 0 Å². The van der Waals surface area contributed by atoms with Gasteiger partial charge in [0.2, 0.25) is 0 Å². The Balaban J connectivity index is 2.50. The Morgan fingerprint density at radius 1 is 1.29 bits per heavy atom. The smallest absolute Gasteiger partial charge is 0.100 e. The van der Waals surface area contributed by atoms with Crippen LogP contribution in [0.1, 0.15) is 26.2 Å². The van der Waals surface area contributed by atoms with E-state index in [4.69, 9.17) is 0 Å². The highest BCUT2D eigenvalue weighted by Gasteiger charge is 1.97. The van der Waals surface area contributed by atoms with E-state index < -0.39 is 0 Å². The zero-order valence-electron chi connectivity index (χ0n) is 8.96. The maximum Gasteiger partial charge on any atom is 0.100 e. The number of nitrogens with zero attached hydrogens (tertiary/aromatic N) is 1. The SMILES string of the molecule is CCCCC(=NC)Nc1ccccc1. The molecule has 0 radical (unpaired) electrons. The summed E-state index contributed by atoms with van der Waals surface area (Å²) >= 11 is 0. The fraction of sp³-hybridized carbons (Fsp3) is 0.417. The largest absolute Gasteiger partial charge is 0.344 e. The second kappa shape index (κ2) is 6.19. The van der Waals surface area contributed by atoms with Crippen LogP contribution in [0.4, 0.5) is 5.69 Å². The number of benzene rings is 1. The molecule has 1 aromatic rings. The lowest BCUT2D eigenvalue weighted by Crippen LogP contribution is -2.11. The Morgan fingerprint density at radius 2 is 2.00 bits per heavy atom. The molecule has 0 atom stereocenters. The fourth-order valence-electron chi connectivity index (χ4n) is 1.26. The van der Waals surface area contributed by atoms with Crippen LogP contribution in [0.2, 0.25) is 0 Å². The van der Waals surface area contributed by atoms with Crippen LogP contribution >= 0.6 is 0 Å². The van der Waals surface area contributed by atoms with Gasteiger partial charge in [-0.15, -0.1) is 0 Å². The summed E-state index contributed by atoms with van der Waals surface area (Å²) in [5, 5.41) is 3.31. The minimum atomic E-state index is 1.03. The number of hydrogen-bond acceptors (Lipinski definition) is 1. The molecule has 14 heavy (non-hydrogen) atoms. The van der Waals surface area contributed by atoms with Gasteiger partial charge in [0, 0.05) is 19.2 Å². The van der Waals surface area contributed by atoms with Crippen LogP contribution in [-0.2, 0) is 0 Å². The van der Waals surface area contributed by atoms with Gasteiger partial charge < -0.3 is 5.32 Å². The van der Waals surface area contributed by atoms with Crippen LogP contribution in [0.25, 0.3) is 0 Å². The molecule has 0 spiro atoms. The first kappa shape index (κ1) is 10.8. The lowest BCUT2D eigenvalue weighted by molar-refractivity contribution is 0.833. The molecule has 0 aliphatic rings. The van der Waals surface area contributed by atoms with Crippen LogP contribution in [0.3, 0.4) is 0 Å². The second-order valence-corrected chi connectivity index (χ2v) is 3.26. The first-order chi connectivity index (χ1) is 6.86. The Labute approximate surface area is 86.1 Å². The van der Waals surface area contributed by atoms with Crippen molar-refractivity contribution in [2.24, 2.45) is 4.99 Å². The van der Waals surface area contributed by atoms with Crippen molar-refractivity contribution in [3.8, 4) is 0 Å². The predicted octanol–water partition coefficient (Wildman–Crippen LogP) is 3.32. The molecule has 0 saturated carbocycles. The van der Waals surface area contributed by atoms with E-state index in [1.165, 1.54) is 12.8 Å². The minimum Gasteiger partial charge on any atom is -0.344 e. The lowest BCUT2D eigenvalue weighted by atomic mass is 10.2. The lowest BCUT2D eigenvalue weighted by Gasteiger charge is -2.08. The monoisotopic (exact) mass is 190 g/mol. The maximum atomic E-state index is 4.23. The van der Waals surface area contributed by atoms with E-state index in [1.54, 1.807) is 0 Å². The van der Waals surface area contributed by atoms with Gasteiger partial charge in [-0.25, -0.2) is 0 Å². The third-order valence-corrected chi connectivity index (χ3v) is 2.10. The van der Waals surface area contributed by atoms with Gasteiger partial charge in [-0.1, -0.05) is 31.5 Å². The zero-order chi connectivity index (χ0) is 10.2. The summed E-state index contributed by atoms with van der Waals surface area (Å²) in [7, 11) is 1.83. The minimum absolute atomic E-state index is 1.03. The van der Waals surface area contributed by atoms with Crippen molar-refractivity contribution in [1.29, 1.82) is 0 Å². The fourth-order valence-corrected chi connectivity index (χ4v) is 1.26. The molecule has 1 rings (SSSR count). The van der Waals surface area contributed by atoms with Gasteiger partial charge in [-0.3, -0.25) is 4.99 Å². The average molecular weight is 190 g/mol. The van der Waals surface area contributed by atoms with Crippen LogP contribution in [-0.4, -0.2) is 12.9 Å². The molecule has 0 saturated heterocycles. The number of nitrogens with one attached hydrogen (secondary N) is 1. The van der Waals surface area contributed by atoms with E-state index in [0.29, 0.717) is 0 Å². The maximum absolute atomic E-state index is 4.23. The molecule has 2 nitrogen and oxygen atoms in total. The number of amidine groups is 1. The van der Waals surface area contributed by atoms with Crippen molar-refractivity contribution in [3.63, 3.8) is 0 Å². The number of para-hydroxylation sites is 1. The molecule has 0 aliphatic heterocycles. The third-order valence-electron chi connectivity index (χ3n) is 2.10. The van der Waals surface area contributed by atoms with Crippen LogP contribution in [0.5, 0.6) is 0 Å². The molecular weight excluding hydrogens is 172 g/mol. The van der Waals surface area contributed by atoms with Crippen molar-refractivity contribution < 1.29 is 0 Å². The van der Waals surface area contributed by atoms with Gasteiger partial charge in [-0.2, -0.15) is 0 Å². The predicted molar refractivity (Wildman–Crippen MR) is 62.9 cm³/mol. The number of rotatable bonds is 4. The first-order valence-electron chi connectivity index (χ1n) is 5.14. The van der Waals surface area contributed by atoms with E-state index in [9.17, 15) is 0 Å². The molecule has 2 heteroatoms. The zero-order valence-corrected chi connectivity index (χ0v) is 8.96. The summed E-state index contributed by atoms with van der Waals surface area (Å²) in [4.78, 5) is 4.23. The molecule has 0 bridgehead atoms. The molecule has 0 aromatic heterocycles. The summed E-state index contributed by atoms with van der Waals surface area (Å²) in [6, 6.07) is 10.2. The van der Waals surface area contributed by atoms with Gasteiger partial charge in [0.25, 0.3) is 0 Å². The molecule has 0 heterocycles. The third kappa shape index (κ3) is 3.60. The van der Waals surface area contributed by atoms with E-state index in [2.05, 4.69) is 29.4 Å². The molecular formula is C12H18N2. The molecule has 76 valence electrons. The number of hydrogen-bond donors (Lipinski definition) is 1. The molecule has 0 unspecified atom stereocenters. The van der Waals surface area contributed by atoms with Gasteiger partial charge >= 0.3 is 0 Å². The van der Waals surface area contributed by atoms with Crippen LogP contribution < -0.4 is 5.32 Å². The van der Waals surface area contributed by atoms with Crippen molar-refractivity contribution in [2.75, 3.05) is 12.4 Å². The Morgan fingerprint density at radius 3 is 2.57 bits per heavy atom. The van der Waals surface area contributed by atoms with Crippen molar-refractivity contribution in [3.05, 3.63) is 30.3 Å². The molecule has 1 N–H and O–H groups in total. The molecule has 0 aliphatic carbocycles. The van der Waals surface area contributed by atoms with E-state index >= 15 is 0 Å². The molecule has 0 amide bonds. The van der Waals surface area contributed by atoms with E-state index in [1.807, 2.05) is 25.2 Å². The van der Waals surface area contributed by atoms with Crippen molar-refractivity contribution in [1.82, 2.24) is 0 Å². The number of unbranched alkanes of at least 4 members (excludes halogenated alkanes) is 1. The average Bonchev–Trinajstić information content (AvgIpc) is 2.25. The quantitative estimate of drug-likeness (QED) is 0.571. The summed E-state index contributed by atoms with van der Waals surface area (Å²) < 4.78 is 0. The second-order valence-electron chi connectivity index (χ2n) is 3.26. The highest BCUT2D eigenvalue weighted by Crippen LogP contribution is 2.07. The number of anilines is 1. The Bertz CT molecular complexity index is 278. The van der Waals surface area contributed by atoms with Crippen molar-refractivity contribution >= 4 is 11.5 Å². The van der Waals surface area contributed by atoms with Gasteiger partial charge in [0.15, 0.2) is 0 Å². The highest BCUT2D eigenvalue weighted by molar-refractivity contribution is 5.95. The normalized spacial score (nSPS) is 11.4. The first-order valence-corrected chi connectivity index (χ1v) is 5.14. The summed E-state index contributed by atoms with van der Waals surface area (Å²) in [5.41, 5.74) is 1.12. The van der Waals surface area contributed by atoms with Gasteiger partial charge in [0.1, 0.15) is 5.84 Å². The van der Waals surface area contributed by atoms with Crippen LogP contribution in [0, 0.1) is 0 Å². The van der Waals surface area contributed by atoms with Crippen LogP contribution in [0.15, 0.2) is 35.3 Å². The number of aliphatic imine (C=N–C) groups is 1. The topological polar surface area (TPSA) is 24.4 Å².